The summed E-state index contributed by atoms with van der Waals surface area (Å²) in [6.45, 7) is 1.01. The van der Waals surface area contributed by atoms with Crippen molar-refractivity contribution >= 4 is 5.91 Å². The maximum atomic E-state index is 12.6. The first kappa shape index (κ1) is 17.3. The minimum absolute atomic E-state index is 0.162. The number of rotatable bonds is 5. The van der Waals surface area contributed by atoms with Crippen molar-refractivity contribution in [1.29, 1.82) is 0 Å². The summed E-state index contributed by atoms with van der Waals surface area (Å²) in [5.41, 5.74) is 5.72. The van der Waals surface area contributed by atoms with Crippen molar-refractivity contribution in [1.82, 2.24) is 5.32 Å². The number of carbonyl (C=O) groups is 1. The molecule has 0 saturated carbocycles. The highest BCUT2D eigenvalue weighted by molar-refractivity contribution is 5.91. The number of hydrogen-bond acceptors (Lipinski definition) is 3. The number of nitrogens with one attached hydrogen (secondary N) is 1. The zero-order valence-corrected chi connectivity index (χ0v) is 15.9. The molecule has 1 N–H and O–H groups in total. The van der Waals surface area contributed by atoms with Gasteiger partial charge >= 0.3 is 0 Å². The van der Waals surface area contributed by atoms with Crippen LogP contribution in [-0.4, -0.2) is 19.6 Å². The summed E-state index contributed by atoms with van der Waals surface area (Å²) in [4.78, 5) is 12.6. The molecule has 4 nitrogen and oxygen atoms in total. The van der Waals surface area contributed by atoms with E-state index in [-0.39, 0.29) is 5.91 Å². The van der Waals surface area contributed by atoms with Gasteiger partial charge in [0.15, 0.2) is 5.76 Å². The van der Waals surface area contributed by atoms with Crippen LogP contribution in [0.4, 0.5) is 0 Å². The van der Waals surface area contributed by atoms with Crippen LogP contribution >= 0.6 is 0 Å². The molecule has 0 fully saturated rings. The lowest BCUT2D eigenvalue weighted by molar-refractivity contribution is 0.0906. The van der Waals surface area contributed by atoms with Crippen molar-refractivity contribution < 1.29 is 13.9 Å². The van der Waals surface area contributed by atoms with E-state index in [0.29, 0.717) is 42.4 Å². The standard InChI is InChI=1S/C24H23NO3/c1-27-14-16-10-11-22(28-16)24(26)25-13-15-12-21-17-6-2-4-8-19(17)23(15)20-9-5-3-7-18(20)21/h2-11,15,21,23H,12-14H2,1H3,(H,25,26). The number of fused-ring (bicyclic) bond motifs is 1. The molecule has 6 rings (SSSR count). The summed E-state index contributed by atoms with van der Waals surface area (Å²) in [6, 6.07) is 21.0. The first-order valence-electron chi connectivity index (χ1n) is 9.79. The molecule has 4 heteroatoms. The summed E-state index contributed by atoms with van der Waals surface area (Å²) in [6.07, 6.45) is 1.06. The highest BCUT2D eigenvalue weighted by Crippen LogP contribution is 2.55. The van der Waals surface area contributed by atoms with Gasteiger partial charge in [-0.3, -0.25) is 4.79 Å². The molecule has 0 aliphatic heterocycles. The molecule has 2 aromatic carbocycles. The van der Waals surface area contributed by atoms with Crippen LogP contribution in [0.5, 0.6) is 0 Å². The van der Waals surface area contributed by atoms with Crippen molar-refractivity contribution in [2.45, 2.75) is 24.9 Å². The van der Waals surface area contributed by atoms with Gasteiger partial charge in [0.25, 0.3) is 5.91 Å². The van der Waals surface area contributed by atoms with Gasteiger partial charge in [-0.2, -0.15) is 0 Å². The first-order valence-corrected chi connectivity index (χ1v) is 9.79. The number of amides is 1. The van der Waals surface area contributed by atoms with Gasteiger partial charge in [0, 0.05) is 25.5 Å². The van der Waals surface area contributed by atoms with Gasteiger partial charge in [0.2, 0.25) is 0 Å². The van der Waals surface area contributed by atoms with Crippen LogP contribution in [0.15, 0.2) is 65.1 Å². The van der Waals surface area contributed by atoms with Crippen LogP contribution in [0.3, 0.4) is 0 Å². The second-order valence-electron chi connectivity index (χ2n) is 7.69. The SMILES string of the molecule is COCc1ccc(C(=O)NCC2CC3c4ccccc4C2c2ccccc23)o1. The van der Waals surface area contributed by atoms with E-state index in [2.05, 4.69) is 53.8 Å². The van der Waals surface area contributed by atoms with E-state index in [1.54, 1.807) is 19.2 Å². The van der Waals surface area contributed by atoms with Gasteiger partial charge in [-0.05, 0) is 46.7 Å². The van der Waals surface area contributed by atoms with Crippen LogP contribution in [0.2, 0.25) is 0 Å². The number of benzene rings is 2. The number of ether oxygens (including phenoxy) is 1. The molecule has 3 aromatic rings. The van der Waals surface area contributed by atoms with Crippen LogP contribution in [-0.2, 0) is 11.3 Å². The van der Waals surface area contributed by atoms with Gasteiger partial charge < -0.3 is 14.5 Å². The van der Waals surface area contributed by atoms with E-state index in [0.717, 1.165) is 6.42 Å². The Balaban J connectivity index is 1.38. The molecule has 1 atom stereocenters. The molecule has 1 heterocycles. The normalized spacial score (nSPS) is 21.8. The molecule has 1 unspecified atom stereocenters. The van der Waals surface area contributed by atoms with Crippen LogP contribution in [0.25, 0.3) is 0 Å². The minimum atomic E-state index is -0.162. The first-order chi connectivity index (χ1) is 13.8. The molecular weight excluding hydrogens is 350 g/mol. The Morgan fingerprint density at radius 3 is 2.29 bits per heavy atom. The maximum Gasteiger partial charge on any atom is 0.287 e. The van der Waals surface area contributed by atoms with E-state index in [9.17, 15) is 4.79 Å². The molecule has 2 bridgehead atoms. The Hall–Kier alpha value is -2.85. The second kappa shape index (κ2) is 6.95. The van der Waals surface area contributed by atoms with Gasteiger partial charge in [0.1, 0.15) is 12.4 Å². The Morgan fingerprint density at radius 1 is 1.00 bits per heavy atom. The fraction of sp³-hybridized carbons (Fsp3) is 0.292. The molecule has 0 saturated heterocycles. The highest BCUT2D eigenvalue weighted by Gasteiger charge is 2.42. The molecule has 3 aliphatic carbocycles. The molecule has 3 aliphatic rings. The summed E-state index contributed by atoms with van der Waals surface area (Å²) in [7, 11) is 1.61. The Morgan fingerprint density at radius 2 is 1.64 bits per heavy atom. The van der Waals surface area contributed by atoms with Crippen molar-refractivity contribution in [2.75, 3.05) is 13.7 Å². The predicted molar refractivity (Wildman–Crippen MR) is 106 cm³/mol. The summed E-state index contributed by atoms with van der Waals surface area (Å²) in [5.74, 6) is 1.97. The van der Waals surface area contributed by atoms with Crippen molar-refractivity contribution in [2.24, 2.45) is 5.92 Å². The van der Waals surface area contributed by atoms with E-state index < -0.39 is 0 Å². The average molecular weight is 373 g/mol. The number of hydrogen-bond donors (Lipinski definition) is 1. The third-order valence-electron chi connectivity index (χ3n) is 6.12. The Kier molecular flexibility index (Phi) is 4.29. The fourth-order valence-corrected chi connectivity index (χ4v) is 4.99. The molecule has 0 radical (unpaired) electrons. The summed E-state index contributed by atoms with van der Waals surface area (Å²) >= 11 is 0. The molecule has 1 aromatic heterocycles. The zero-order chi connectivity index (χ0) is 19.1. The Bertz CT molecular complexity index is 974. The van der Waals surface area contributed by atoms with E-state index in [1.165, 1.54) is 22.3 Å². The van der Waals surface area contributed by atoms with Gasteiger partial charge in [-0.25, -0.2) is 0 Å². The van der Waals surface area contributed by atoms with Crippen molar-refractivity contribution in [3.8, 4) is 0 Å². The number of methoxy groups -OCH3 is 1. The molecule has 0 spiro atoms. The van der Waals surface area contributed by atoms with Crippen molar-refractivity contribution in [3.63, 3.8) is 0 Å². The molecule has 142 valence electrons. The van der Waals surface area contributed by atoms with E-state index in [1.807, 2.05) is 0 Å². The fourth-order valence-electron chi connectivity index (χ4n) is 4.99. The quantitative estimate of drug-likeness (QED) is 0.719. The number of furan rings is 1. The zero-order valence-electron chi connectivity index (χ0n) is 15.9. The largest absolute Gasteiger partial charge is 0.453 e. The topological polar surface area (TPSA) is 51.5 Å². The lowest BCUT2D eigenvalue weighted by Crippen LogP contribution is -2.39. The summed E-state index contributed by atoms with van der Waals surface area (Å²) in [5, 5.41) is 3.10. The molecular formula is C24H23NO3. The molecule has 1 amide bonds. The monoisotopic (exact) mass is 373 g/mol. The van der Waals surface area contributed by atoms with Crippen molar-refractivity contribution in [3.05, 3.63) is 94.4 Å². The lowest BCUT2D eigenvalue weighted by Gasteiger charge is -2.45. The average Bonchev–Trinajstić information content (AvgIpc) is 3.21. The third-order valence-corrected chi connectivity index (χ3v) is 6.12. The van der Waals surface area contributed by atoms with E-state index >= 15 is 0 Å². The second-order valence-corrected chi connectivity index (χ2v) is 7.69. The summed E-state index contributed by atoms with van der Waals surface area (Å²) < 4.78 is 10.6. The highest BCUT2D eigenvalue weighted by atomic mass is 16.5. The molecule has 28 heavy (non-hydrogen) atoms. The smallest absolute Gasteiger partial charge is 0.287 e. The van der Waals surface area contributed by atoms with Crippen LogP contribution in [0.1, 0.15) is 56.8 Å². The van der Waals surface area contributed by atoms with Crippen LogP contribution < -0.4 is 5.32 Å². The van der Waals surface area contributed by atoms with E-state index in [4.69, 9.17) is 9.15 Å². The number of carbonyl (C=O) groups excluding carboxylic acids is 1. The third kappa shape index (κ3) is 2.76. The lowest BCUT2D eigenvalue weighted by atomic mass is 9.59. The van der Waals surface area contributed by atoms with Crippen LogP contribution in [0, 0.1) is 5.92 Å². The van der Waals surface area contributed by atoms with Gasteiger partial charge in [-0.1, -0.05) is 48.5 Å². The van der Waals surface area contributed by atoms with Gasteiger partial charge in [0.05, 0.1) is 0 Å². The predicted octanol–water partition coefficient (Wildman–Crippen LogP) is 4.45. The maximum absolute atomic E-state index is 12.6. The van der Waals surface area contributed by atoms with Gasteiger partial charge in [-0.15, -0.1) is 0 Å². The minimum Gasteiger partial charge on any atom is -0.453 e. The Labute approximate surface area is 164 Å².